The number of allylic oxidation sites excluding steroid dienone is 4. The van der Waals surface area contributed by atoms with Crippen LogP contribution in [-0.2, 0) is 69.5 Å². The van der Waals surface area contributed by atoms with Gasteiger partial charge in [0.1, 0.15) is 6.15 Å². The third-order valence-electron chi connectivity index (χ3n) is 15.6. The van der Waals surface area contributed by atoms with E-state index < -0.39 is 195 Å². The summed E-state index contributed by atoms with van der Waals surface area (Å²) in [6, 6.07) is 10.9. The van der Waals surface area contributed by atoms with Crippen molar-refractivity contribution in [3.8, 4) is 0 Å². The molecule has 1 radical (unpaired) electrons. The molecule has 0 bridgehead atoms. The van der Waals surface area contributed by atoms with E-state index in [-0.39, 0.29) is 28.0 Å². The van der Waals surface area contributed by atoms with Gasteiger partial charge >= 0.3 is 49.4 Å². The van der Waals surface area contributed by atoms with E-state index in [2.05, 4.69) is 156 Å². The zero-order valence-electron chi connectivity index (χ0n) is 52.9. The Kier molecular flexibility index (Phi) is 25.9. The fourth-order valence-electron chi connectivity index (χ4n) is 11.6. The molecule has 2 nitrogen and oxygen atoms in total. The molecule has 2 aliphatic rings. The van der Waals surface area contributed by atoms with Crippen molar-refractivity contribution >= 4 is 52.6 Å². The fraction of sp³-hybridized carbons (Fsp3) is 0.304. The molecule has 0 unspecified atom stereocenters. The minimum atomic E-state index is -6.13. The maximum atomic E-state index is 14.2. The Morgan fingerprint density at radius 2 is 0.510 bits per heavy atom. The summed E-state index contributed by atoms with van der Waals surface area (Å²) in [5.74, 6) is 0. The van der Waals surface area contributed by atoms with Gasteiger partial charge < -0.3 is 9.80 Å². The maximum Gasteiger partial charge on any atom is 0.416 e. The van der Waals surface area contributed by atoms with Gasteiger partial charge in [0.2, 0.25) is 0 Å². The number of rotatable bonds is 7. The molecule has 7 aromatic rings. The summed E-state index contributed by atoms with van der Waals surface area (Å²) in [6.45, 7) is 18.5. The standard InChI is InChI=1S/C32H12BF24.C21H26N2.C8H11P.C8H12.Ir/c34-25(35,36)13-1-14(26(37,38)39)6-21(5-13)33(22-7-15(27(40,41)42)2-16(8-22)28(43,44)45,23-9-17(29(46,47)48)3-18(10-23)30(49,50)51)24-11-19(31(52,53)54)4-20(12-24)32(55,56)57;1-14-9-16(3)20(17(4)10-14)22-7-8-23(13-22)21-18(5)11-15(2)12-19(21)6;1-9(2)8-6-4-3-5-7-8;1-2-4-6-8-7-5-3-1;/h1-12H;7-12H,13H2,1-6H3;3-7H,1-2H3;1-2,7-8H,3-6H2;/q-1;;;;/b;;;2-1-,8-7?;. The van der Waals surface area contributed by atoms with E-state index in [9.17, 15) is 105 Å². The second-order valence-electron chi connectivity index (χ2n) is 23.4. The number of hydrogen-bond acceptors (Lipinski definition) is 2. The van der Waals surface area contributed by atoms with E-state index >= 15 is 0 Å². The van der Waals surface area contributed by atoms with E-state index in [1.807, 2.05) is 0 Å². The molecule has 98 heavy (non-hydrogen) atoms. The van der Waals surface area contributed by atoms with Gasteiger partial charge in [-0.25, -0.2) is 0 Å². The molecule has 1 aliphatic heterocycles. The van der Waals surface area contributed by atoms with Crippen LogP contribution in [0.3, 0.4) is 0 Å². The first-order valence-electron chi connectivity index (χ1n) is 29.2. The van der Waals surface area contributed by atoms with Gasteiger partial charge in [0, 0.05) is 43.9 Å². The normalized spacial score (nSPS) is 14.5. The Bertz CT molecular complexity index is 3410. The summed E-state index contributed by atoms with van der Waals surface area (Å²) in [5.41, 5.74) is -19.5. The van der Waals surface area contributed by atoms with Crippen LogP contribution in [-0.4, -0.2) is 26.1 Å². The van der Waals surface area contributed by atoms with Crippen LogP contribution in [0, 0.1) is 41.5 Å². The average Bonchev–Trinajstić information content (AvgIpc) is 0.787. The largest absolute Gasteiger partial charge is 0.416 e. The van der Waals surface area contributed by atoms with Gasteiger partial charge in [-0.3, -0.25) is 0 Å². The summed E-state index contributed by atoms with van der Waals surface area (Å²) in [6.07, 6.45) is -36.4. The van der Waals surface area contributed by atoms with Crippen molar-refractivity contribution in [2.24, 2.45) is 0 Å². The number of nitrogens with zero attached hydrogens (tertiary/aromatic N) is 2. The summed E-state index contributed by atoms with van der Waals surface area (Å²) in [5, 5.41) is 1.48. The third-order valence-corrected chi connectivity index (χ3v) is 17.0. The zero-order chi connectivity index (χ0) is 73.0. The van der Waals surface area contributed by atoms with E-state index in [0.717, 1.165) is 6.67 Å². The molecule has 0 spiro atoms. The van der Waals surface area contributed by atoms with Crippen molar-refractivity contribution in [2.45, 2.75) is 117 Å². The van der Waals surface area contributed by atoms with Crippen LogP contribution in [0.2, 0.25) is 0 Å². The van der Waals surface area contributed by atoms with Crippen molar-refractivity contribution in [1.82, 2.24) is 0 Å². The van der Waals surface area contributed by atoms with Crippen LogP contribution in [0.4, 0.5) is 117 Å². The van der Waals surface area contributed by atoms with Crippen LogP contribution in [0.25, 0.3) is 0 Å². The summed E-state index contributed by atoms with van der Waals surface area (Å²) in [4.78, 5) is 4.70. The first kappa shape index (κ1) is 81.5. The molecular formula is C69H61BF24IrN2P-. The minimum Gasteiger partial charge on any atom is -0.328 e. The quantitative estimate of drug-likeness (QED) is 0.0679. The van der Waals surface area contributed by atoms with E-state index in [1.54, 1.807) is 0 Å². The molecule has 0 atom stereocenters. The van der Waals surface area contributed by atoms with E-state index in [0.29, 0.717) is 0 Å². The van der Waals surface area contributed by atoms with Crippen LogP contribution < -0.4 is 37.0 Å². The average molecular weight is 1610 g/mol. The monoisotopic (exact) mass is 1610 g/mol. The number of benzene rings is 7. The maximum absolute atomic E-state index is 14.2. The number of hydrogen-bond donors (Lipinski definition) is 0. The Morgan fingerprint density at radius 3 is 0.684 bits per heavy atom. The number of aryl methyl sites for hydroxylation is 6. The molecule has 1 heterocycles. The van der Waals surface area contributed by atoms with Crippen LogP contribution >= 0.6 is 7.92 Å². The van der Waals surface area contributed by atoms with Crippen molar-refractivity contribution in [3.05, 3.63) is 242 Å². The van der Waals surface area contributed by atoms with Crippen molar-refractivity contribution in [3.63, 3.8) is 0 Å². The second-order valence-corrected chi connectivity index (χ2v) is 25.7. The molecule has 0 amide bonds. The zero-order valence-corrected chi connectivity index (χ0v) is 56.2. The van der Waals surface area contributed by atoms with Gasteiger partial charge in [0.25, 0.3) is 0 Å². The van der Waals surface area contributed by atoms with E-state index in [4.69, 9.17) is 0 Å². The summed E-state index contributed by atoms with van der Waals surface area (Å²) in [7, 11) is 0.104. The van der Waals surface area contributed by atoms with Gasteiger partial charge in [-0.05, 0) is 132 Å². The fourth-order valence-corrected chi connectivity index (χ4v) is 12.4. The Morgan fingerprint density at radius 1 is 0.306 bits per heavy atom. The molecule has 533 valence electrons. The SMILES string of the molecule is C1=CCC/C=C\CC1.CP(C)c1ccccc1.Cc1cc(C)c(N2C=CN(c3c(C)cc(C)cc3C)C2)c(C)c1.FC(F)(F)c1cc([B-](c2cc(C(F)(F)F)cc(C(F)(F)F)c2)(c2cc(C(F)(F)F)cc(C(F)(F)F)c2)c2cc(C(F)(F)F)cc(C(F)(F)F)c2)cc(C(F)(F)F)c1.[Ir]. The van der Waals surface area contributed by atoms with E-state index in [1.165, 1.54) is 75.7 Å². The van der Waals surface area contributed by atoms with Crippen LogP contribution in [0.1, 0.15) is 104 Å². The van der Waals surface area contributed by atoms with Gasteiger partial charge in [-0.1, -0.05) is 146 Å². The first-order chi connectivity index (χ1) is 44.4. The molecule has 29 heteroatoms. The first-order valence-corrected chi connectivity index (χ1v) is 31.4. The number of alkyl halides is 24. The van der Waals surface area contributed by atoms with Gasteiger partial charge in [-0.15, -0.1) is 0 Å². The van der Waals surface area contributed by atoms with Crippen LogP contribution in [0.15, 0.2) is 164 Å². The molecule has 0 aromatic heterocycles. The number of anilines is 2. The smallest absolute Gasteiger partial charge is 0.328 e. The number of halogens is 24. The van der Waals surface area contributed by atoms with Crippen molar-refractivity contribution < 1.29 is 125 Å². The van der Waals surface area contributed by atoms with Crippen molar-refractivity contribution in [1.29, 1.82) is 0 Å². The topological polar surface area (TPSA) is 6.48 Å². The molecule has 0 saturated carbocycles. The molecule has 0 fully saturated rings. The van der Waals surface area contributed by atoms with Gasteiger partial charge in [-0.2, -0.15) is 127 Å². The Labute approximate surface area is 564 Å². The Balaban J connectivity index is 0.000000338. The van der Waals surface area contributed by atoms with Gasteiger partial charge in [0.05, 0.1) is 51.2 Å². The van der Waals surface area contributed by atoms with Crippen LogP contribution in [0.5, 0.6) is 0 Å². The van der Waals surface area contributed by atoms with Crippen molar-refractivity contribution in [2.75, 3.05) is 29.8 Å². The Hall–Kier alpha value is -7.18. The minimum absolute atomic E-state index is 0. The molecule has 0 saturated heterocycles. The molecule has 0 N–H and O–H groups in total. The summed E-state index contributed by atoms with van der Waals surface area (Å²) < 4.78 is 341. The predicted molar refractivity (Wildman–Crippen MR) is 332 cm³/mol. The second kappa shape index (κ2) is 31.2. The molecule has 9 rings (SSSR count). The summed E-state index contributed by atoms with van der Waals surface area (Å²) >= 11 is 0. The predicted octanol–water partition coefficient (Wildman–Crippen LogP) is 21.2. The molecular weight excluding hydrogens is 1550 g/mol. The molecule has 1 aliphatic carbocycles. The van der Waals surface area contributed by atoms with Gasteiger partial charge in [0.15, 0.2) is 0 Å². The molecule has 7 aromatic carbocycles. The third kappa shape index (κ3) is 20.7.